The molecule has 1 amide bonds. The molecule has 3 aromatic rings. The van der Waals surface area contributed by atoms with Crippen LogP contribution in [0.5, 0.6) is 0 Å². The van der Waals surface area contributed by atoms with Crippen molar-refractivity contribution in [2.24, 2.45) is 7.05 Å². The second kappa shape index (κ2) is 7.83. The largest absolute Gasteiger partial charge is 0.462 e. The molecule has 3 heterocycles. The molecule has 1 unspecified atom stereocenters. The first kappa shape index (κ1) is 19.0. The van der Waals surface area contributed by atoms with E-state index in [9.17, 15) is 4.79 Å². The Kier molecular flexibility index (Phi) is 5.50. The molecule has 142 valence electrons. The van der Waals surface area contributed by atoms with Crippen LogP contribution in [0.25, 0.3) is 12.2 Å². The summed E-state index contributed by atoms with van der Waals surface area (Å²) in [4.78, 5) is 16.9. The number of carbonyl (C=O) groups is 1. The molecule has 1 atom stereocenters. The second-order valence-electron chi connectivity index (χ2n) is 6.20. The summed E-state index contributed by atoms with van der Waals surface area (Å²) in [5.74, 6) is 2.07. The van der Waals surface area contributed by atoms with E-state index in [1.807, 2.05) is 53.0 Å². The molecular formula is C18H22N6O2S. The molecule has 3 aromatic heterocycles. The van der Waals surface area contributed by atoms with Gasteiger partial charge in [-0.15, -0.1) is 5.10 Å². The van der Waals surface area contributed by atoms with Gasteiger partial charge >= 0.3 is 0 Å². The second-order valence-corrected chi connectivity index (χ2v) is 7.51. The molecule has 0 radical (unpaired) electrons. The molecule has 2 N–H and O–H groups in total. The number of furan rings is 1. The molecule has 9 heteroatoms. The van der Waals surface area contributed by atoms with Crippen LogP contribution in [0.4, 0.5) is 5.69 Å². The number of aromatic nitrogens is 5. The standard InChI is InChI=1S/C18H22N6O2S/c1-10-6-7-14(26-10)8-9-15-19-18(22-21-15)27-13(4)17(25)20-16-11(2)23-24(5)12(16)3/h6-9,13H,1-5H3,(H,20,25)(H,19,21,22)/b9-8+. The highest BCUT2D eigenvalue weighted by Crippen LogP contribution is 2.23. The zero-order valence-corrected chi connectivity index (χ0v) is 16.7. The van der Waals surface area contributed by atoms with E-state index in [2.05, 4.69) is 25.6 Å². The lowest BCUT2D eigenvalue weighted by molar-refractivity contribution is -0.115. The highest BCUT2D eigenvalue weighted by atomic mass is 32.2. The normalized spacial score (nSPS) is 12.6. The lowest BCUT2D eigenvalue weighted by Gasteiger charge is -2.10. The number of amides is 1. The first-order valence-corrected chi connectivity index (χ1v) is 9.36. The lowest BCUT2D eigenvalue weighted by Crippen LogP contribution is -2.23. The van der Waals surface area contributed by atoms with E-state index in [-0.39, 0.29) is 11.2 Å². The molecule has 0 aliphatic carbocycles. The molecule has 0 aliphatic rings. The molecule has 0 fully saturated rings. The number of anilines is 1. The third kappa shape index (κ3) is 4.48. The number of H-pyrrole nitrogens is 1. The topological polar surface area (TPSA) is 102 Å². The number of carbonyl (C=O) groups excluding carboxylic acids is 1. The summed E-state index contributed by atoms with van der Waals surface area (Å²) in [7, 11) is 1.85. The Bertz CT molecular complexity index is 984. The van der Waals surface area contributed by atoms with Gasteiger partial charge in [0.15, 0.2) is 0 Å². The molecule has 0 spiro atoms. The summed E-state index contributed by atoms with van der Waals surface area (Å²) >= 11 is 1.29. The van der Waals surface area contributed by atoms with Gasteiger partial charge in [0.2, 0.25) is 11.1 Å². The van der Waals surface area contributed by atoms with Crippen molar-refractivity contribution >= 4 is 35.5 Å². The van der Waals surface area contributed by atoms with Gasteiger partial charge in [-0.25, -0.2) is 4.98 Å². The van der Waals surface area contributed by atoms with Gasteiger partial charge in [-0.2, -0.15) is 5.10 Å². The van der Waals surface area contributed by atoms with Crippen LogP contribution in [0.1, 0.15) is 35.7 Å². The predicted molar refractivity (Wildman–Crippen MR) is 105 cm³/mol. The summed E-state index contributed by atoms with van der Waals surface area (Å²) in [5.41, 5.74) is 2.46. The smallest absolute Gasteiger partial charge is 0.237 e. The van der Waals surface area contributed by atoms with Gasteiger partial charge in [0.25, 0.3) is 0 Å². The SMILES string of the molecule is Cc1ccc(/C=C/c2nc(SC(C)C(=O)Nc3c(C)nn(C)c3C)n[nH]2)o1. The van der Waals surface area contributed by atoms with E-state index >= 15 is 0 Å². The van der Waals surface area contributed by atoms with E-state index in [0.29, 0.717) is 11.0 Å². The van der Waals surface area contributed by atoms with E-state index in [0.717, 1.165) is 28.6 Å². The van der Waals surface area contributed by atoms with Gasteiger partial charge in [-0.1, -0.05) is 11.8 Å². The maximum atomic E-state index is 12.5. The third-order valence-electron chi connectivity index (χ3n) is 4.06. The van der Waals surface area contributed by atoms with Gasteiger partial charge in [-0.05, 0) is 52.0 Å². The molecule has 0 bridgehead atoms. The number of aromatic amines is 1. The zero-order valence-electron chi connectivity index (χ0n) is 15.9. The Balaban J connectivity index is 1.60. The zero-order chi connectivity index (χ0) is 19.6. The van der Waals surface area contributed by atoms with Crippen LogP contribution < -0.4 is 5.32 Å². The van der Waals surface area contributed by atoms with Crippen molar-refractivity contribution in [1.29, 1.82) is 0 Å². The Morgan fingerprint density at radius 2 is 2.11 bits per heavy atom. The Hall–Kier alpha value is -2.81. The van der Waals surface area contributed by atoms with Crippen LogP contribution in [-0.2, 0) is 11.8 Å². The van der Waals surface area contributed by atoms with Gasteiger partial charge in [0.05, 0.1) is 22.3 Å². The van der Waals surface area contributed by atoms with Crippen LogP contribution in [0.3, 0.4) is 0 Å². The first-order chi connectivity index (χ1) is 12.8. The quantitative estimate of drug-likeness (QED) is 0.630. The monoisotopic (exact) mass is 386 g/mol. The van der Waals surface area contributed by atoms with Gasteiger partial charge in [0, 0.05) is 7.05 Å². The minimum Gasteiger partial charge on any atom is -0.462 e. The third-order valence-corrected chi connectivity index (χ3v) is 5.02. The minimum atomic E-state index is -0.357. The Morgan fingerprint density at radius 1 is 1.33 bits per heavy atom. The Labute approximate surface area is 161 Å². The summed E-state index contributed by atoms with van der Waals surface area (Å²) < 4.78 is 7.22. The average Bonchev–Trinajstić information content (AvgIpc) is 3.30. The minimum absolute atomic E-state index is 0.118. The van der Waals surface area contributed by atoms with Gasteiger partial charge in [0.1, 0.15) is 17.3 Å². The van der Waals surface area contributed by atoms with E-state index in [1.54, 1.807) is 10.8 Å². The average molecular weight is 386 g/mol. The van der Waals surface area contributed by atoms with E-state index in [4.69, 9.17) is 4.42 Å². The van der Waals surface area contributed by atoms with Gasteiger partial charge in [-0.3, -0.25) is 14.6 Å². The molecule has 3 rings (SSSR count). The molecule has 0 aromatic carbocycles. The maximum absolute atomic E-state index is 12.5. The van der Waals surface area contributed by atoms with Crippen LogP contribution >= 0.6 is 11.8 Å². The number of nitrogens with one attached hydrogen (secondary N) is 2. The number of aryl methyl sites for hydroxylation is 3. The van der Waals surface area contributed by atoms with Crippen molar-refractivity contribution in [3.05, 3.63) is 40.9 Å². The highest BCUT2D eigenvalue weighted by molar-refractivity contribution is 8.00. The summed E-state index contributed by atoms with van der Waals surface area (Å²) in [6.45, 7) is 7.50. The van der Waals surface area contributed by atoms with Crippen molar-refractivity contribution in [2.75, 3.05) is 5.32 Å². The first-order valence-electron chi connectivity index (χ1n) is 8.48. The molecule has 0 aliphatic heterocycles. The van der Waals surface area contributed by atoms with Crippen LogP contribution in [0.2, 0.25) is 0 Å². The number of thioether (sulfide) groups is 1. The molecule has 0 saturated heterocycles. The molecule has 27 heavy (non-hydrogen) atoms. The van der Waals surface area contributed by atoms with Crippen molar-refractivity contribution in [3.63, 3.8) is 0 Å². The number of nitrogens with zero attached hydrogens (tertiary/aromatic N) is 4. The van der Waals surface area contributed by atoms with Crippen LogP contribution in [0.15, 0.2) is 21.7 Å². The number of rotatable bonds is 6. The fourth-order valence-corrected chi connectivity index (χ4v) is 3.21. The van der Waals surface area contributed by atoms with Crippen molar-refractivity contribution in [1.82, 2.24) is 25.0 Å². The predicted octanol–water partition coefficient (Wildman–Crippen LogP) is 3.35. The van der Waals surface area contributed by atoms with Crippen molar-refractivity contribution in [2.45, 2.75) is 38.1 Å². The Morgan fingerprint density at radius 3 is 2.74 bits per heavy atom. The van der Waals surface area contributed by atoms with Crippen LogP contribution in [-0.4, -0.2) is 36.1 Å². The molecule has 0 saturated carbocycles. The van der Waals surface area contributed by atoms with E-state index in [1.165, 1.54) is 11.8 Å². The maximum Gasteiger partial charge on any atom is 0.237 e. The lowest BCUT2D eigenvalue weighted by atomic mass is 10.3. The molecular weight excluding hydrogens is 364 g/mol. The number of hydrogen-bond acceptors (Lipinski definition) is 6. The summed E-state index contributed by atoms with van der Waals surface area (Å²) in [5, 5.41) is 14.4. The van der Waals surface area contributed by atoms with Crippen LogP contribution in [0, 0.1) is 20.8 Å². The van der Waals surface area contributed by atoms with Gasteiger partial charge < -0.3 is 9.73 Å². The summed E-state index contributed by atoms with van der Waals surface area (Å²) in [6, 6.07) is 3.78. The van der Waals surface area contributed by atoms with E-state index < -0.39 is 0 Å². The fraction of sp³-hybridized carbons (Fsp3) is 0.333. The molecule has 8 nitrogen and oxygen atoms in total. The van der Waals surface area contributed by atoms with Crippen molar-refractivity contribution in [3.8, 4) is 0 Å². The highest BCUT2D eigenvalue weighted by Gasteiger charge is 2.20. The number of hydrogen-bond donors (Lipinski definition) is 2. The van der Waals surface area contributed by atoms with Crippen molar-refractivity contribution < 1.29 is 9.21 Å². The fourth-order valence-electron chi connectivity index (χ4n) is 2.48. The summed E-state index contributed by atoms with van der Waals surface area (Å²) in [6.07, 6.45) is 3.59.